The van der Waals surface area contributed by atoms with Crippen molar-refractivity contribution in [1.29, 1.82) is 0 Å². The Kier molecular flexibility index (Phi) is 19.4. The van der Waals surface area contributed by atoms with Gasteiger partial charge in [-0.2, -0.15) is 0 Å². The van der Waals surface area contributed by atoms with Gasteiger partial charge in [0.25, 0.3) is 0 Å². The summed E-state index contributed by atoms with van der Waals surface area (Å²) >= 11 is 7.73. The van der Waals surface area contributed by atoms with Gasteiger partial charge < -0.3 is 0 Å². The molecule has 0 fully saturated rings. The van der Waals surface area contributed by atoms with E-state index < -0.39 is 0 Å². The molecule has 0 saturated carbocycles. The summed E-state index contributed by atoms with van der Waals surface area (Å²) in [4.78, 5) is 15.7. The SMILES string of the molecule is CCCCCCCCCCCCCCc1nc(C)sc1-c1cc2sc(-c3sc(C)nc3CCCCCCCCCCCCCC)cc2s1. The van der Waals surface area contributed by atoms with E-state index in [9.17, 15) is 0 Å². The van der Waals surface area contributed by atoms with E-state index in [-0.39, 0.29) is 0 Å². The molecule has 0 unspecified atom stereocenters. The van der Waals surface area contributed by atoms with E-state index in [1.165, 1.54) is 204 Å². The van der Waals surface area contributed by atoms with Crippen LogP contribution < -0.4 is 0 Å². The predicted molar refractivity (Wildman–Crippen MR) is 221 cm³/mol. The molecule has 0 aromatic carbocycles. The third-order valence-electron chi connectivity index (χ3n) is 9.80. The van der Waals surface area contributed by atoms with Gasteiger partial charge >= 0.3 is 0 Å². The highest BCUT2D eigenvalue weighted by atomic mass is 32.1. The molecule has 0 aliphatic rings. The summed E-state index contributed by atoms with van der Waals surface area (Å²) in [6, 6.07) is 4.90. The third-order valence-corrected chi connectivity index (χ3v) is 14.5. The Morgan fingerprint density at radius 1 is 0.396 bits per heavy atom. The van der Waals surface area contributed by atoms with Crippen LogP contribution in [0.15, 0.2) is 12.1 Å². The number of aryl methyl sites for hydroxylation is 4. The molecule has 0 bridgehead atoms. The zero-order chi connectivity index (χ0) is 33.8. The number of aromatic nitrogens is 2. The van der Waals surface area contributed by atoms with Crippen LogP contribution in [0.25, 0.3) is 28.9 Å². The standard InChI is InChI=1S/C42H66N2S4/c1-5-7-9-11-13-15-17-19-21-23-25-27-29-35-41(45-33(3)43-35)39-31-37-38(47-39)32-40(48-37)42-36(44-34(4)46-42)30-28-26-24-22-20-18-16-14-12-10-8-6-2/h31-32H,5-30H2,1-4H3. The third kappa shape index (κ3) is 13.9. The van der Waals surface area contributed by atoms with Gasteiger partial charge in [-0.3, -0.25) is 0 Å². The Labute approximate surface area is 310 Å². The molecule has 48 heavy (non-hydrogen) atoms. The first-order valence-electron chi connectivity index (χ1n) is 20.1. The van der Waals surface area contributed by atoms with Crippen molar-refractivity contribution in [2.45, 2.75) is 195 Å². The molecule has 6 heteroatoms. The van der Waals surface area contributed by atoms with Crippen molar-refractivity contribution in [3.8, 4) is 19.5 Å². The monoisotopic (exact) mass is 726 g/mol. The van der Waals surface area contributed by atoms with Crippen molar-refractivity contribution in [2.24, 2.45) is 0 Å². The number of nitrogens with zero attached hydrogens (tertiary/aromatic N) is 2. The molecule has 4 rings (SSSR count). The van der Waals surface area contributed by atoms with E-state index in [2.05, 4.69) is 39.8 Å². The fourth-order valence-corrected chi connectivity index (χ4v) is 11.6. The minimum absolute atomic E-state index is 1.12. The lowest BCUT2D eigenvalue weighted by molar-refractivity contribution is 0.543. The van der Waals surface area contributed by atoms with Crippen molar-refractivity contribution >= 4 is 54.7 Å². The zero-order valence-corrected chi connectivity index (χ0v) is 34.3. The molecule has 4 aromatic rings. The number of hydrogen-bond donors (Lipinski definition) is 0. The van der Waals surface area contributed by atoms with Gasteiger partial charge in [-0.05, 0) is 51.7 Å². The molecule has 0 saturated heterocycles. The Morgan fingerprint density at radius 3 is 1.00 bits per heavy atom. The van der Waals surface area contributed by atoms with Gasteiger partial charge in [-0.1, -0.05) is 155 Å². The average molecular weight is 727 g/mol. The molecule has 0 aliphatic heterocycles. The first kappa shape index (κ1) is 39.7. The van der Waals surface area contributed by atoms with E-state index in [0.717, 1.165) is 12.8 Å². The minimum atomic E-state index is 1.12. The second-order valence-electron chi connectivity index (χ2n) is 14.2. The van der Waals surface area contributed by atoms with Crippen LogP contribution in [0.3, 0.4) is 0 Å². The largest absolute Gasteiger partial charge is 0.246 e. The van der Waals surface area contributed by atoms with Gasteiger partial charge in [0.15, 0.2) is 0 Å². The van der Waals surface area contributed by atoms with Crippen LogP contribution in [0.4, 0.5) is 0 Å². The van der Waals surface area contributed by atoms with Crippen LogP contribution >= 0.6 is 45.3 Å². The molecule has 0 amide bonds. The molecular weight excluding hydrogens is 661 g/mol. The summed E-state index contributed by atoms with van der Waals surface area (Å²) in [5.74, 6) is 0. The van der Waals surface area contributed by atoms with Crippen molar-refractivity contribution in [1.82, 2.24) is 9.97 Å². The predicted octanol–water partition coefficient (Wildman–Crippen LogP) is 16.3. The van der Waals surface area contributed by atoms with E-state index in [1.54, 1.807) is 0 Å². The van der Waals surface area contributed by atoms with Crippen LogP contribution in [-0.2, 0) is 12.8 Å². The van der Waals surface area contributed by atoms with Crippen LogP contribution in [0.2, 0.25) is 0 Å². The topological polar surface area (TPSA) is 25.8 Å². The van der Waals surface area contributed by atoms with Crippen LogP contribution in [0, 0.1) is 13.8 Å². The lowest BCUT2D eigenvalue weighted by Gasteiger charge is -2.04. The summed E-state index contributed by atoms with van der Waals surface area (Å²) in [5.41, 5.74) is 2.67. The highest BCUT2D eigenvalue weighted by molar-refractivity contribution is 7.33. The van der Waals surface area contributed by atoms with Gasteiger partial charge in [0.1, 0.15) is 0 Å². The van der Waals surface area contributed by atoms with Crippen molar-refractivity contribution in [3.05, 3.63) is 33.5 Å². The van der Waals surface area contributed by atoms with Crippen LogP contribution in [0.5, 0.6) is 0 Å². The molecule has 0 spiro atoms. The summed E-state index contributed by atoms with van der Waals surface area (Å²) < 4.78 is 2.85. The lowest BCUT2D eigenvalue weighted by atomic mass is 10.0. The minimum Gasteiger partial charge on any atom is -0.246 e. The molecular formula is C42H66N2S4. The number of unbranched alkanes of at least 4 members (excludes halogenated alkanes) is 22. The van der Waals surface area contributed by atoms with Crippen molar-refractivity contribution < 1.29 is 0 Å². The smallest absolute Gasteiger partial charge is 0.0904 e. The summed E-state index contributed by atoms with van der Waals surface area (Å²) in [5, 5.41) is 2.41. The molecule has 0 N–H and O–H groups in total. The van der Waals surface area contributed by atoms with E-state index >= 15 is 0 Å². The maximum atomic E-state index is 5.00. The lowest BCUT2D eigenvalue weighted by Crippen LogP contribution is -1.89. The summed E-state index contributed by atoms with van der Waals surface area (Å²) in [7, 11) is 0. The molecule has 0 aliphatic carbocycles. The zero-order valence-electron chi connectivity index (χ0n) is 31.1. The molecule has 4 heterocycles. The fourth-order valence-electron chi connectivity index (χ4n) is 6.99. The Hall–Kier alpha value is -1.08. The molecule has 0 atom stereocenters. The fraction of sp³-hybridized carbons (Fsp3) is 0.714. The molecule has 0 radical (unpaired) electrons. The maximum Gasteiger partial charge on any atom is 0.0904 e. The quantitative estimate of drug-likeness (QED) is 0.0545. The van der Waals surface area contributed by atoms with E-state index in [4.69, 9.17) is 9.97 Å². The maximum absolute atomic E-state index is 5.00. The number of hydrogen-bond acceptors (Lipinski definition) is 6. The second-order valence-corrected chi connectivity index (χ2v) is 18.8. The highest BCUT2D eigenvalue weighted by Crippen LogP contribution is 2.46. The van der Waals surface area contributed by atoms with E-state index in [1.807, 2.05) is 45.3 Å². The second kappa shape index (κ2) is 23.4. The summed E-state index contributed by atoms with van der Waals surface area (Å²) in [6.45, 7) is 8.96. The van der Waals surface area contributed by atoms with Gasteiger partial charge in [0, 0.05) is 19.2 Å². The number of fused-ring (bicyclic) bond motifs is 1. The number of rotatable bonds is 28. The van der Waals surface area contributed by atoms with Crippen molar-refractivity contribution in [3.63, 3.8) is 0 Å². The van der Waals surface area contributed by atoms with Crippen LogP contribution in [0.1, 0.15) is 189 Å². The summed E-state index contributed by atoms with van der Waals surface area (Å²) in [6.07, 6.45) is 35.8. The van der Waals surface area contributed by atoms with Gasteiger partial charge in [-0.15, -0.1) is 45.3 Å². The number of thiophene rings is 2. The van der Waals surface area contributed by atoms with E-state index in [0.29, 0.717) is 0 Å². The van der Waals surface area contributed by atoms with Gasteiger partial charge in [-0.25, -0.2) is 9.97 Å². The normalized spacial score (nSPS) is 11.8. The van der Waals surface area contributed by atoms with Gasteiger partial charge in [0.2, 0.25) is 0 Å². The first-order chi connectivity index (χ1) is 23.6. The number of thiazole rings is 2. The van der Waals surface area contributed by atoms with Crippen LogP contribution in [-0.4, -0.2) is 9.97 Å². The Morgan fingerprint density at radius 2 is 0.688 bits per heavy atom. The molecule has 268 valence electrons. The van der Waals surface area contributed by atoms with Crippen molar-refractivity contribution in [2.75, 3.05) is 0 Å². The Bertz CT molecular complexity index is 1270. The molecule has 2 nitrogen and oxygen atoms in total. The van der Waals surface area contributed by atoms with Gasteiger partial charge in [0.05, 0.1) is 31.2 Å². The Balaban J connectivity index is 1.18. The molecule has 4 aromatic heterocycles. The average Bonchev–Trinajstić information content (AvgIpc) is 3.84. The first-order valence-corrected chi connectivity index (χ1v) is 23.3. The highest BCUT2D eigenvalue weighted by Gasteiger charge is 2.18.